The van der Waals surface area contributed by atoms with Gasteiger partial charge < -0.3 is 10.6 Å². The van der Waals surface area contributed by atoms with E-state index in [2.05, 4.69) is 20.6 Å². The van der Waals surface area contributed by atoms with Crippen LogP contribution in [0.4, 0.5) is 10.5 Å². The molecule has 0 aliphatic heterocycles. The largest absolute Gasteiger partial charge is 0.433 e. The zero-order valence-corrected chi connectivity index (χ0v) is 11.7. The van der Waals surface area contributed by atoms with Crippen LogP contribution in [-0.4, -0.2) is 24.8 Å². The highest BCUT2D eigenvalue weighted by Crippen LogP contribution is 2.07. The van der Waals surface area contributed by atoms with Gasteiger partial charge in [0.1, 0.15) is 6.21 Å². The lowest BCUT2D eigenvalue weighted by Gasteiger charge is -2.02. The molecule has 0 radical (unpaired) electrons. The highest BCUT2D eigenvalue weighted by atomic mass is 16.7. The number of anilines is 1. The van der Waals surface area contributed by atoms with Crippen LogP contribution in [-0.2, 0) is 9.63 Å². The molecule has 6 heteroatoms. The van der Waals surface area contributed by atoms with E-state index in [4.69, 9.17) is 0 Å². The van der Waals surface area contributed by atoms with E-state index < -0.39 is 12.0 Å². The lowest BCUT2D eigenvalue weighted by molar-refractivity contribution is -0.110. The molecule has 0 aromatic heterocycles. The van der Waals surface area contributed by atoms with Gasteiger partial charge in [-0.05, 0) is 25.5 Å². The first kappa shape index (κ1) is 15.7. The topological polar surface area (TPSA) is 79.8 Å². The number of hydrogen-bond donors (Lipinski definition) is 2. The first-order chi connectivity index (χ1) is 9.61. The van der Waals surface area contributed by atoms with Crippen molar-refractivity contribution in [2.45, 2.75) is 26.7 Å². The summed E-state index contributed by atoms with van der Waals surface area (Å²) in [7, 11) is 0. The van der Waals surface area contributed by atoms with Crippen molar-refractivity contribution in [2.75, 3.05) is 11.9 Å². The Kier molecular flexibility index (Phi) is 6.81. The average Bonchev–Trinajstić information content (AvgIpc) is 2.42. The van der Waals surface area contributed by atoms with Crippen LogP contribution in [0.25, 0.3) is 0 Å². The highest BCUT2D eigenvalue weighted by Gasteiger charge is 2.01. The van der Waals surface area contributed by atoms with Gasteiger partial charge in [0.25, 0.3) is 5.91 Å². The van der Waals surface area contributed by atoms with Gasteiger partial charge >= 0.3 is 6.09 Å². The van der Waals surface area contributed by atoms with Gasteiger partial charge in [0.2, 0.25) is 0 Å². The Morgan fingerprint density at radius 3 is 2.65 bits per heavy atom. The number of aryl methyl sites for hydroxylation is 1. The Labute approximate surface area is 118 Å². The van der Waals surface area contributed by atoms with Crippen molar-refractivity contribution in [1.29, 1.82) is 0 Å². The van der Waals surface area contributed by atoms with E-state index in [1.807, 2.05) is 26.0 Å². The molecule has 0 unspecified atom stereocenters. The van der Waals surface area contributed by atoms with Gasteiger partial charge in [-0.25, -0.2) is 4.79 Å². The summed E-state index contributed by atoms with van der Waals surface area (Å²) in [5.41, 5.74) is 1.75. The molecule has 1 aromatic rings. The van der Waals surface area contributed by atoms with Crippen LogP contribution in [0.3, 0.4) is 0 Å². The number of nitrogens with one attached hydrogen (secondary N) is 2. The summed E-state index contributed by atoms with van der Waals surface area (Å²) in [4.78, 5) is 27.1. The molecule has 1 aromatic carbocycles. The van der Waals surface area contributed by atoms with Crippen LogP contribution in [0.1, 0.15) is 25.3 Å². The third-order valence-corrected chi connectivity index (χ3v) is 2.42. The maximum absolute atomic E-state index is 11.5. The van der Waals surface area contributed by atoms with Crippen molar-refractivity contribution in [3.8, 4) is 0 Å². The van der Waals surface area contributed by atoms with E-state index in [1.54, 1.807) is 12.1 Å². The SMILES string of the molecule is CCCCNC(=O)O/N=C\C(=O)Nc1ccc(C)cc1. The third kappa shape index (κ3) is 6.53. The summed E-state index contributed by atoms with van der Waals surface area (Å²) in [6.45, 7) is 4.50. The van der Waals surface area contributed by atoms with Crippen molar-refractivity contribution in [3.63, 3.8) is 0 Å². The molecule has 0 aliphatic rings. The Morgan fingerprint density at radius 1 is 1.30 bits per heavy atom. The van der Waals surface area contributed by atoms with Gasteiger partial charge in [-0.3, -0.25) is 9.63 Å². The van der Waals surface area contributed by atoms with Crippen LogP contribution >= 0.6 is 0 Å². The lowest BCUT2D eigenvalue weighted by atomic mass is 10.2. The van der Waals surface area contributed by atoms with Gasteiger partial charge in [-0.1, -0.05) is 36.2 Å². The van der Waals surface area contributed by atoms with Crippen molar-refractivity contribution in [1.82, 2.24) is 5.32 Å². The van der Waals surface area contributed by atoms with E-state index in [-0.39, 0.29) is 0 Å². The summed E-state index contributed by atoms with van der Waals surface area (Å²) in [5, 5.41) is 8.42. The normalized spacial score (nSPS) is 10.3. The monoisotopic (exact) mass is 277 g/mol. The number of carbonyl (C=O) groups is 2. The first-order valence-electron chi connectivity index (χ1n) is 6.47. The Bertz CT molecular complexity index is 469. The van der Waals surface area contributed by atoms with Gasteiger partial charge in [-0.2, -0.15) is 0 Å². The average molecular weight is 277 g/mol. The molecule has 20 heavy (non-hydrogen) atoms. The van der Waals surface area contributed by atoms with E-state index in [0.717, 1.165) is 24.6 Å². The zero-order chi connectivity index (χ0) is 14.8. The van der Waals surface area contributed by atoms with Gasteiger partial charge in [0.15, 0.2) is 0 Å². The van der Waals surface area contributed by atoms with Crippen LogP contribution in [0, 0.1) is 6.92 Å². The molecule has 0 spiro atoms. The summed E-state index contributed by atoms with van der Waals surface area (Å²) in [6, 6.07) is 7.31. The molecular formula is C14H19N3O3. The molecular weight excluding hydrogens is 258 g/mol. The molecule has 0 bridgehead atoms. The van der Waals surface area contributed by atoms with Crippen LogP contribution < -0.4 is 10.6 Å². The van der Waals surface area contributed by atoms with Crippen molar-refractivity contribution >= 4 is 23.9 Å². The number of hydrogen-bond acceptors (Lipinski definition) is 4. The fourth-order valence-corrected chi connectivity index (χ4v) is 1.33. The second-order valence-electron chi connectivity index (χ2n) is 4.25. The molecule has 108 valence electrons. The predicted molar refractivity (Wildman–Crippen MR) is 77.7 cm³/mol. The molecule has 0 heterocycles. The number of nitrogens with zero attached hydrogens (tertiary/aromatic N) is 1. The molecule has 2 amide bonds. The number of unbranched alkanes of at least 4 members (excludes halogenated alkanes) is 1. The van der Waals surface area contributed by atoms with Crippen LogP contribution in [0.15, 0.2) is 29.4 Å². The number of amides is 2. The lowest BCUT2D eigenvalue weighted by Crippen LogP contribution is -2.24. The molecule has 0 aliphatic carbocycles. The standard InChI is InChI=1S/C14H19N3O3/c1-3-4-9-15-14(19)20-16-10-13(18)17-12-7-5-11(2)6-8-12/h5-8,10H,3-4,9H2,1-2H3,(H,15,19)(H,17,18)/b16-10-. The maximum Gasteiger partial charge on any atom is 0.433 e. The minimum atomic E-state index is -0.669. The molecule has 0 saturated carbocycles. The van der Waals surface area contributed by atoms with Crippen LogP contribution in [0.5, 0.6) is 0 Å². The molecule has 0 saturated heterocycles. The highest BCUT2D eigenvalue weighted by molar-refractivity contribution is 6.31. The van der Waals surface area contributed by atoms with E-state index in [0.29, 0.717) is 12.2 Å². The number of benzene rings is 1. The minimum Gasteiger partial charge on any atom is -0.321 e. The van der Waals surface area contributed by atoms with E-state index in [1.165, 1.54) is 0 Å². The van der Waals surface area contributed by atoms with Gasteiger partial charge in [0.05, 0.1) is 0 Å². The number of carbonyl (C=O) groups excluding carboxylic acids is 2. The predicted octanol–water partition coefficient (Wildman–Crippen LogP) is 2.45. The summed E-state index contributed by atoms with van der Waals surface area (Å²) in [5.74, 6) is -0.463. The fraction of sp³-hybridized carbons (Fsp3) is 0.357. The van der Waals surface area contributed by atoms with E-state index >= 15 is 0 Å². The summed E-state index contributed by atoms with van der Waals surface area (Å²) in [6.07, 6.45) is 2.09. The first-order valence-corrected chi connectivity index (χ1v) is 6.47. The van der Waals surface area contributed by atoms with Crippen molar-refractivity contribution in [2.24, 2.45) is 5.16 Å². The zero-order valence-electron chi connectivity index (χ0n) is 11.7. The molecule has 6 nitrogen and oxygen atoms in total. The second kappa shape index (κ2) is 8.68. The molecule has 0 fully saturated rings. The molecule has 0 atom stereocenters. The third-order valence-electron chi connectivity index (χ3n) is 2.42. The van der Waals surface area contributed by atoms with Gasteiger partial charge in [-0.15, -0.1) is 0 Å². The second-order valence-corrected chi connectivity index (χ2v) is 4.25. The number of oxime groups is 1. The quantitative estimate of drug-likeness (QED) is 0.363. The summed E-state index contributed by atoms with van der Waals surface area (Å²) < 4.78 is 0. The van der Waals surface area contributed by atoms with Crippen molar-refractivity contribution in [3.05, 3.63) is 29.8 Å². The van der Waals surface area contributed by atoms with E-state index in [9.17, 15) is 9.59 Å². The summed E-state index contributed by atoms with van der Waals surface area (Å²) >= 11 is 0. The minimum absolute atomic E-state index is 0.463. The maximum atomic E-state index is 11.5. The van der Waals surface area contributed by atoms with Crippen LogP contribution in [0.2, 0.25) is 0 Å². The van der Waals surface area contributed by atoms with Crippen molar-refractivity contribution < 1.29 is 14.4 Å². The Hall–Kier alpha value is -2.37. The smallest absolute Gasteiger partial charge is 0.321 e. The molecule has 1 rings (SSSR count). The molecule has 2 N–H and O–H groups in total. The van der Waals surface area contributed by atoms with Gasteiger partial charge in [0, 0.05) is 12.2 Å². The number of rotatable bonds is 6. The fourth-order valence-electron chi connectivity index (χ4n) is 1.33. The Morgan fingerprint density at radius 2 is 2.00 bits per heavy atom. The Balaban J connectivity index is 2.29.